The van der Waals surface area contributed by atoms with Gasteiger partial charge in [0.15, 0.2) is 0 Å². The van der Waals surface area contributed by atoms with E-state index in [1.54, 1.807) is 0 Å². The summed E-state index contributed by atoms with van der Waals surface area (Å²) in [4.78, 5) is 5.12. The van der Waals surface area contributed by atoms with Crippen LogP contribution in [-0.2, 0) is 9.47 Å². The van der Waals surface area contributed by atoms with Gasteiger partial charge in [-0.15, -0.1) is 0 Å². The molecule has 0 aromatic heterocycles. The minimum absolute atomic E-state index is 0.0618. The summed E-state index contributed by atoms with van der Waals surface area (Å²) in [5.41, 5.74) is -0.641. The number of aliphatic hydroxyl groups is 1. The quantitative estimate of drug-likeness (QED) is 0.486. The van der Waals surface area contributed by atoms with Gasteiger partial charge in [0.25, 0.3) is 0 Å². The Morgan fingerprint density at radius 3 is 2.26 bits per heavy atom. The molecule has 5 saturated heterocycles. The molecule has 34 heavy (non-hydrogen) atoms. The van der Waals surface area contributed by atoms with Crippen LogP contribution in [0.2, 0.25) is 0 Å². The van der Waals surface area contributed by atoms with Crippen molar-refractivity contribution < 1.29 is 14.6 Å². The standard InChI is InChI=1S/C29H52N2O3/c1-23-22-31-19-10-13-24-12-6-2-3-7-14-25-16-21-30-20-11-18-29(32,28(30)33-25)17-9-5-4-8-15-26(23)34-27(24)31/h23-28,32H,2-22H2,1H3/t23-,24-,25+,26+,27-,28-,29?/m1/s1. The first kappa shape index (κ1) is 25.4. The molecule has 5 fully saturated rings. The second kappa shape index (κ2) is 11.9. The second-order valence-electron chi connectivity index (χ2n) is 12.5. The van der Waals surface area contributed by atoms with Crippen molar-refractivity contribution in [2.45, 2.75) is 146 Å². The Balaban J connectivity index is 1.20. The fourth-order valence-electron chi connectivity index (χ4n) is 7.85. The van der Waals surface area contributed by atoms with E-state index in [1.165, 1.54) is 90.1 Å². The van der Waals surface area contributed by atoms with Crippen LogP contribution < -0.4 is 0 Å². The van der Waals surface area contributed by atoms with Crippen molar-refractivity contribution in [1.82, 2.24) is 9.80 Å². The molecule has 5 heterocycles. The van der Waals surface area contributed by atoms with Gasteiger partial charge in [-0.25, -0.2) is 0 Å². The molecule has 5 aliphatic rings. The van der Waals surface area contributed by atoms with Gasteiger partial charge in [-0.05, 0) is 69.6 Å². The molecule has 0 spiro atoms. The monoisotopic (exact) mass is 476 g/mol. The molecule has 196 valence electrons. The summed E-state index contributed by atoms with van der Waals surface area (Å²) in [6.07, 6.45) is 21.7. The van der Waals surface area contributed by atoms with E-state index in [0.29, 0.717) is 24.4 Å². The SMILES string of the molecule is C[C@@H]1CN2CCC[C@H]3CCCCCC[C@H]4CCN5CCCC(O)(CCCCCC[C@@H]1O[C@H]32)[C@H]5O4. The first-order chi connectivity index (χ1) is 16.6. The molecular formula is C29H52N2O3. The smallest absolute Gasteiger partial charge is 0.140 e. The third-order valence-corrected chi connectivity index (χ3v) is 9.86. The van der Waals surface area contributed by atoms with E-state index in [1.807, 2.05) is 0 Å². The maximum Gasteiger partial charge on any atom is 0.140 e. The lowest BCUT2D eigenvalue weighted by Gasteiger charge is -2.51. The highest BCUT2D eigenvalue weighted by Gasteiger charge is 2.46. The van der Waals surface area contributed by atoms with Gasteiger partial charge in [-0.2, -0.15) is 0 Å². The van der Waals surface area contributed by atoms with Gasteiger partial charge in [-0.3, -0.25) is 9.80 Å². The van der Waals surface area contributed by atoms with Crippen LogP contribution in [0.15, 0.2) is 0 Å². The molecule has 5 rings (SSSR count). The van der Waals surface area contributed by atoms with Crippen LogP contribution in [0.1, 0.15) is 116 Å². The summed E-state index contributed by atoms with van der Waals surface area (Å²) >= 11 is 0. The molecule has 0 aromatic carbocycles. The molecule has 0 aliphatic carbocycles. The molecule has 5 aliphatic heterocycles. The van der Waals surface area contributed by atoms with E-state index in [9.17, 15) is 5.11 Å². The average Bonchev–Trinajstić information content (AvgIpc) is 2.83. The van der Waals surface area contributed by atoms with Crippen molar-refractivity contribution in [2.75, 3.05) is 26.2 Å². The Bertz CT molecular complexity index is 632. The molecule has 4 bridgehead atoms. The highest BCUT2D eigenvalue weighted by Crippen LogP contribution is 2.39. The van der Waals surface area contributed by atoms with Gasteiger partial charge in [0.2, 0.25) is 0 Å². The first-order valence-electron chi connectivity index (χ1n) is 15.1. The molecule has 1 unspecified atom stereocenters. The summed E-state index contributed by atoms with van der Waals surface area (Å²) in [6.45, 7) is 7.08. The topological polar surface area (TPSA) is 45.2 Å². The summed E-state index contributed by atoms with van der Waals surface area (Å²) in [6, 6.07) is 0. The van der Waals surface area contributed by atoms with Gasteiger partial charge in [0.05, 0.1) is 12.2 Å². The molecule has 0 aromatic rings. The van der Waals surface area contributed by atoms with E-state index in [4.69, 9.17) is 9.47 Å². The van der Waals surface area contributed by atoms with Crippen molar-refractivity contribution in [3.8, 4) is 0 Å². The molecule has 0 radical (unpaired) electrons. The molecule has 5 nitrogen and oxygen atoms in total. The van der Waals surface area contributed by atoms with Crippen LogP contribution >= 0.6 is 0 Å². The summed E-state index contributed by atoms with van der Waals surface area (Å²) in [7, 11) is 0. The maximum absolute atomic E-state index is 11.6. The average molecular weight is 477 g/mol. The van der Waals surface area contributed by atoms with Crippen LogP contribution in [0.4, 0.5) is 0 Å². The second-order valence-corrected chi connectivity index (χ2v) is 12.5. The van der Waals surface area contributed by atoms with Gasteiger partial charge in [0.1, 0.15) is 18.1 Å². The summed E-state index contributed by atoms with van der Waals surface area (Å²) in [5, 5.41) is 11.6. The fraction of sp³-hybridized carbons (Fsp3) is 1.00. The normalized spacial score (nSPS) is 44.3. The number of rotatable bonds is 0. The lowest BCUT2D eigenvalue weighted by atomic mass is 9.84. The zero-order chi connectivity index (χ0) is 23.4. The first-order valence-corrected chi connectivity index (χ1v) is 15.1. The minimum Gasteiger partial charge on any atom is -0.386 e. The van der Waals surface area contributed by atoms with Crippen LogP contribution in [0.5, 0.6) is 0 Å². The van der Waals surface area contributed by atoms with E-state index in [0.717, 1.165) is 51.1 Å². The van der Waals surface area contributed by atoms with Crippen molar-refractivity contribution in [3.63, 3.8) is 0 Å². The predicted molar refractivity (Wildman–Crippen MR) is 137 cm³/mol. The molecular weight excluding hydrogens is 424 g/mol. The van der Waals surface area contributed by atoms with Gasteiger partial charge in [0, 0.05) is 26.2 Å². The van der Waals surface area contributed by atoms with Crippen molar-refractivity contribution >= 4 is 0 Å². The number of hydrogen-bond donors (Lipinski definition) is 1. The molecule has 0 saturated carbocycles. The Labute approximate surface area is 208 Å². The summed E-state index contributed by atoms with van der Waals surface area (Å²) in [5.74, 6) is 1.39. The summed E-state index contributed by atoms with van der Waals surface area (Å²) < 4.78 is 13.4. The number of hydrogen-bond acceptors (Lipinski definition) is 5. The number of fused-ring (bicyclic) bond motifs is 2. The van der Waals surface area contributed by atoms with E-state index < -0.39 is 5.60 Å². The molecule has 5 heteroatoms. The maximum atomic E-state index is 11.6. The number of piperidine rings is 2. The number of nitrogens with zero attached hydrogens (tertiary/aromatic N) is 2. The minimum atomic E-state index is -0.641. The van der Waals surface area contributed by atoms with Crippen LogP contribution in [-0.4, -0.2) is 71.4 Å². The Morgan fingerprint density at radius 1 is 0.676 bits per heavy atom. The number of ether oxygens (including phenoxy) is 2. The molecule has 1 N–H and O–H groups in total. The van der Waals surface area contributed by atoms with Gasteiger partial charge in [-0.1, -0.05) is 58.3 Å². The molecule has 7 atom stereocenters. The van der Waals surface area contributed by atoms with E-state index >= 15 is 0 Å². The van der Waals surface area contributed by atoms with E-state index in [-0.39, 0.29) is 6.23 Å². The Kier molecular flexibility index (Phi) is 8.91. The van der Waals surface area contributed by atoms with Crippen molar-refractivity contribution in [2.24, 2.45) is 11.8 Å². The highest BCUT2D eigenvalue weighted by atomic mass is 16.5. The third-order valence-electron chi connectivity index (χ3n) is 9.86. The predicted octanol–water partition coefficient (Wildman–Crippen LogP) is 5.70. The lowest BCUT2D eigenvalue weighted by molar-refractivity contribution is -0.245. The van der Waals surface area contributed by atoms with Crippen LogP contribution in [0.25, 0.3) is 0 Å². The van der Waals surface area contributed by atoms with Gasteiger partial charge >= 0.3 is 0 Å². The third kappa shape index (κ3) is 6.02. The zero-order valence-corrected chi connectivity index (χ0v) is 22.0. The Morgan fingerprint density at radius 2 is 1.38 bits per heavy atom. The largest absolute Gasteiger partial charge is 0.386 e. The zero-order valence-electron chi connectivity index (χ0n) is 22.0. The van der Waals surface area contributed by atoms with E-state index in [2.05, 4.69) is 16.7 Å². The van der Waals surface area contributed by atoms with Crippen LogP contribution in [0.3, 0.4) is 0 Å². The van der Waals surface area contributed by atoms with Gasteiger partial charge < -0.3 is 14.6 Å². The van der Waals surface area contributed by atoms with Crippen molar-refractivity contribution in [1.29, 1.82) is 0 Å². The van der Waals surface area contributed by atoms with Crippen LogP contribution in [0, 0.1) is 11.8 Å². The lowest BCUT2D eigenvalue weighted by Crippen LogP contribution is -2.61. The fourth-order valence-corrected chi connectivity index (χ4v) is 7.85. The van der Waals surface area contributed by atoms with Crippen molar-refractivity contribution in [3.05, 3.63) is 0 Å². The highest BCUT2D eigenvalue weighted by molar-refractivity contribution is 4.95. The molecule has 0 amide bonds. The Hall–Kier alpha value is -0.200.